The van der Waals surface area contributed by atoms with Gasteiger partial charge in [0.15, 0.2) is 0 Å². The predicted octanol–water partition coefficient (Wildman–Crippen LogP) is 4.92. The van der Waals surface area contributed by atoms with Gasteiger partial charge in [0, 0.05) is 11.4 Å². The standard InChI is InChI=1S/C21H21N3.ClH/c1-13-11-16(5-9-19(13)23)21(15-3-7-18(22)8-4-15)17-6-10-20(24)14(2)12-17;/h3-12,23H,22,24H2,1-2H3;1H/b21-16-,23-19?;. The van der Waals surface area contributed by atoms with E-state index in [1.54, 1.807) is 0 Å². The Morgan fingerprint density at radius 2 is 1.52 bits per heavy atom. The number of hydrogen-bond acceptors (Lipinski definition) is 3. The number of nitrogens with one attached hydrogen (secondary N) is 1. The average molecular weight is 352 g/mol. The Bertz CT molecular complexity index is 903. The van der Waals surface area contributed by atoms with Crippen LogP contribution in [0.4, 0.5) is 11.4 Å². The van der Waals surface area contributed by atoms with E-state index in [2.05, 4.69) is 12.1 Å². The molecule has 0 bridgehead atoms. The van der Waals surface area contributed by atoms with Gasteiger partial charge in [0.25, 0.3) is 0 Å². The smallest absolute Gasteiger partial charge is 0.0569 e. The molecule has 0 saturated carbocycles. The molecule has 0 radical (unpaired) electrons. The van der Waals surface area contributed by atoms with Crippen molar-refractivity contribution in [1.29, 1.82) is 5.41 Å². The molecule has 1 aliphatic carbocycles. The quantitative estimate of drug-likeness (QED) is 0.672. The van der Waals surface area contributed by atoms with Crippen LogP contribution < -0.4 is 11.5 Å². The minimum Gasteiger partial charge on any atom is -0.399 e. The van der Waals surface area contributed by atoms with E-state index in [-0.39, 0.29) is 12.4 Å². The van der Waals surface area contributed by atoms with Gasteiger partial charge < -0.3 is 16.9 Å². The maximum atomic E-state index is 7.91. The lowest BCUT2D eigenvalue weighted by atomic mass is 9.88. The highest BCUT2D eigenvalue weighted by molar-refractivity contribution is 6.08. The molecule has 3 rings (SSSR count). The third kappa shape index (κ3) is 3.83. The number of aryl methyl sites for hydroxylation is 1. The molecule has 1 aliphatic rings. The molecule has 25 heavy (non-hydrogen) atoms. The second kappa shape index (κ2) is 7.41. The molecule has 4 heteroatoms. The normalized spacial score (nSPS) is 15.4. The topological polar surface area (TPSA) is 75.9 Å². The Hall–Kier alpha value is -2.78. The molecular weight excluding hydrogens is 330 g/mol. The Balaban J connectivity index is 0.00000225. The first-order valence-electron chi connectivity index (χ1n) is 7.87. The van der Waals surface area contributed by atoms with Crippen LogP contribution in [0.1, 0.15) is 23.6 Å². The fourth-order valence-corrected chi connectivity index (χ4v) is 2.80. The first-order valence-corrected chi connectivity index (χ1v) is 7.87. The summed E-state index contributed by atoms with van der Waals surface area (Å²) in [6, 6.07) is 14.0. The van der Waals surface area contributed by atoms with Crippen molar-refractivity contribution in [3.63, 3.8) is 0 Å². The number of allylic oxidation sites excluding steroid dienone is 5. The highest BCUT2D eigenvalue weighted by Gasteiger charge is 2.13. The van der Waals surface area contributed by atoms with Gasteiger partial charge in [-0.05, 0) is 83.7 Å². The van der Waals surface area contributed by atoms with Crippen LogP contribution in [0.25, 0.3) is 5.57 Å². The molecular formula is C21H22ClN3. The van der Waals surface area contributed by atoms with Crippen molar-refractivity contribution < 1.29 is 0 Å². The molecule has 2 aromatic carbocycles. The molecule has 2 aromatic rings. The SMILES string of the molecule is CC1=C/C(=C(/c2ccc(N)cc2)c2ccc(N)c(C)c2)C=CC1=N.Cl. The van der Waals surface area contributed by atoms with Crippen LogP contribution in [0.3, 0.4) is 0 Å². The van der Waals surface area contributed by atoms with E-state index in [1.807, 2.05) is 62.4 Å². The Kier molecular flexibility index (Phi) is 5.50. The van der Waals surface area contributed by atoms with E-state index in [1.165, 1.54) is 0 Å². The second-order valence-corrected chi connectivity index (χ2v) is 6.10. The van der Waals surface area contributed by atoms with Crippen molar-refractivity contribution >= 4 is 35.1 Å². The third-order valence-corrected chi connectivity index (χ3v) is 4.27. The first kappa shape index (κ1) is 18.6. The Morgan fingerprint density at radius 3 is 2.12 bits per heavy atom. The summed E-state index contributed by atoms with van der Waals surface area (Å²) in [5, 5.41) is 7.91. The number of nitrogen functional groups attached to an aromatic ring is 2. The summed E-state index contributed by atoms with van der Waals surface area (Å²) in [5.41, 5.74) is 20.3. The third-order valence-electron chi connectivity index (χ3n) is 4.27. The van der Waals surface area contributed by atoms with Crippen LogP contribution in [-0.2, 0) is 0 Å². The van der Waals surface area contributed by atoms with E-state index < -0.39 is 0 Å². The van der Waals surface area contributed by atoms with E-state index in [0.29, 0.717) is 5.71 Å². The fraction of sp³-hybridized carbons (Fsp3) is 0.0952. The number of nitrogens with two attached hydrogens (primary N) is 2. The summed E-state index contributed by atoms with van der Waals surface area (Å²) in [5.74, 6) is 0. The summed E-state index contributed by atoms with van der Waals surface area (Å²) in [6.45, 7) is 3.97. The zero-order valence-corrected chi connectivity index (χ0v) is 15.2. The van der Waals surface area contributed by atoms with Gasteiger partial charge in [-0.3, -0.25) is 0 Å². The molecule has 0 fully saturated rings. The van der Waals surface area contributed by atoms with Crippen molar-refractivity contribution in [2.45, 2.75) is 13.8 Å². The van der Waals surface area contributed by atoms with E-state index in [4.69, 9.17) is 16.9 Å². The van der Waals surface area contributed by atoms with Gasteiger partial charge in [0.05, 0.1) is 5.71 Å². The second-order valence-electron chi connectivity index (χ2n) is 6.10. The van der Waals surface area contributed by atoms with Crippen molar-refractivity contribution in [1.82, 2.24) is 0 Å². The van der Waals surface area contributed by atoms with E-state index in [9.17, 15) is 0 Å². The highest BCUT2D eigenvalue weighted by atomic mass is 35.5. The van der Waals surface area contributed by atoms with Gasteiger partial charge in [-0.25, -0.2) is 0 Å². The summed E-state index contributed by atoms with van der Waals surface area (Å²) < 4.78 is 0. The lowest BCUT2D eigenvalue weighted by Gasteiger charge is -2.16. The minimum absolute atomic E-state index is 0. The van der Waals surface area contributed by atoms with Crippen molar-refractivity contribution in [3.8, 4) is 0 Å². The first-order chi connectivity index (χ1) is 11.5. The van der Waals surface area contributed by atoms with Gasteiger partial charge in [0.2, 0.25) is 0 Å². The van der Waals surface area contributed by atoms with Crippen LogP contribution in [0.15, 0.2) is 71.8 Å². The van der Waals surface area contributed by atoms with Crippen LogP contribution in [0.5, 0.6) is 0 Å². The predicted molar refractivity (Wildman–Crippen MR) is 110 cm³/mol. The van der Waals surface area contributed by atoms with E-state index >= 15 is 0 Å². The van der Waals surface area contributed by atoms with Gasteiger partial charge in [0.1, 0.15) is 0 Å². The summed E-state index contributed by atoms with van der Waals surface area (Å²) >= 11 is 0. The Morgan fingerprint density at radius 1 is 0.880 bits per heavy atom. The van der Waals surface area contributed by atoms with Crippen LogP contribution in [0, 0.1) is 12.3 Å². The minimum atomic E-state index is 0. The van der Waals surface area contributed by atoms with Crippen LogP contribution >= 0.6 is 12.4 Å². The summed E-state index contributed by atoms with van der Waals surface area (Å²) in [7, 11) is 0. The molecule has 0 unspecified atom stereocenters. The molecule has 0 aromatic heterocycles. The molecule has 0 atom stereocenters. The number of halogens is 1. The van der Waals surface area contributed by atoms with Gasteiger partial charge in [-0.1, -0.05) is 24.3 Å². The highest BCUT2D eigenvalue weighted by Crippen LogP contribution is 2.32. The molecule has 0 heterocycles. The molecule has 3 nitrogen and oxygen atoms in total. The van der Waals surface area contributed by atoms with Crippen molar-refractivity contribution in [3.05, 3.63) is 88.5 Å². The van der Waals surface area contributed by atoms with Crippen LogP contribution in [0.2, 0.25) is 0 Å². The Labute approximate surface area is 154 Å². The fourth-order valence-electron chi connectivity index (χ4n) is 2.80. The lowest BCUT2D eigenvalue weighted by Crippen LogP contribution is -2.02. The number of rotatable bonds is 2. The maximum absolute atomic E-state index is 7.91. The lowest BCUT2D eigenvalue weighted by molar-refractivity contribution is 1.40. The van der Waals surface area contributed by atoms with Gasteiger partial charge >= 0.3 is 0 Å². The largest absolute Gasteiger partial charge is 0.399 e. The molecule has 5 N–H and O–H groups in total. The van der Waals surface area contributed by atoms with Crippen LogP contribution in [-0.4, -0.2) is 5.71 Å². The molecule has 0 amide bonds. The number of benzene rings is 2. The molecule has 0 saturated heterocycles. The van der Waals surface area contributed by atoms with Gasteiger partial charge in [-0.15, -0.1) is 12.4 Å². The van der Waals surface area contributed by atoms with Crippen molar-refractivity contribution in [2.24, 2.45) is 0 Å². The zero-order chi connectivity index (χ0) is 17.3. The summed E-state index contributed by atoms with van der Waals surface area (Å²) in [4.78, 5) is 0. The van der Waals surface area contributed by atoms with E-state index in [0.717, 1.165) is 44.8 Å². The van der Waals surface area contributed by atoms with Crippen molar-refractivity contribution in [2.75, 3.05) is 11.5 Å². The summed E-state index contributed by atoms with van der Waals surface area (Å²) in [6.07, 6.45) is 5.89. The average Bonchev–Trinajstić information content (AvgIpc) is 2.56. The molecule has 128 valence electrons. The maximum Gasteiger partial charge on any atom is 0.0569 e. The van der Waals surface area contributed by atoms with Gasteiger partial charge in [-0.2, -0.15) is 0 Å². The number of anilines is 2. The number of hydrogen-bond donors (Lipinski definition) is 3. The molecule has 0 spiro atoms. The zero-order valence-electron chi connectivity index (χ0n) is 14.3. The monoisotopic (exact) mass is 351 g/mol. The molecule has 0 aliphatic heterocycles.